The lowest BCUT2D eigenvalue weighted by molar-refractivity contribution is 0.241. The maximum Gasteiger partial charge on any atom is 0.335 e. The number of thiophene rings is 1. The van der Waals surface area contributed by atoms with Crippen molar-refractivity contribution in [1.29, 1.82) is 0 Å². The van der Waals surface area contributed by atoms with Crippen molar-refractivity contribution in [2.75, 3.05) is 0 Å². The molecular formula is C18H17N3OS. The van der Waals surface area contributed by atoms with Gasteiger partial charge in [0.2, 0.25) is 0 Å². The largest absolute Gasteiger partial charge is 0.335 e. The molecule has 0 bridgehead atoms. The zero-order chi connectivity index (χ0) is 16.1. The molecule has 3 aromatic rings. The van der Waals surface area contributed by atoms with Crippen LogP contribution in [0.4, 0.5) is 4.79 Å². The number of nitrogens with zero attached hydrogens (tertiary/aromatic N) is 1. The van der Waals surface area contributed by atoms with Crippen LogP contribution < -0.4 is 10.7 Å². The smallest absolute Gasteiger partial charge is 0.333 e. The Morgan fingerprint density at radius 1 is 1.13 bits per heavy atom. The van der Waals surface area contributed by atoms with Crippen LogP contribution in [0.25, 0.3) is 10.1 Å². The van der Waals surface area contributed by atoms with Crippen molar-refractivity contribution >= 4 is 33.7 Å². The summed E-state index contributed by atoms with van der Waals surface area (Å²) in [6, 6.07) is 17.7. The summed E-state index contributed by atoms with van der Waals surface area (Å²) in [6.45, 7) is 2.54. The van der Waals surface area contributed by atoms with E-state index in [1.54, 1.807) is 17.6 Å². The standard InChI is InChI=1S/C18H17N3OS/c1-13-15-9-5-6-10-16(15)23-17(13)12-20-21-18(22)19-11-14-7-3-2-4-8-14/h2-10,12H,11H2,1H3,(H2,19,21,22)/b20-12+. The number of nitrogens with one attached hydrogen (secondary N) is 2. The van der Waals surface area contributed by atoms with E-state index in [0.717, 1.165) is 10.4 Å². The molecule has 0 aliphatic heterocycles. The maximum absolute atomic E-state index is 11.7. The molecule has 0 unspecified atom stereocenters. The molecule has 0 fully saturated rings. The summed E-state index contributed by atoms with van der Waals surface area (Å²) in [5.41, 5.74) is 4.73. The SMILES string of the molecule is Cc1c(/C=N/NC(=O)NCc2ccccc2)sc2ccccc12. The molecule has 0 spiro atoms. The highest BCUT2D eigenvalue weighted by molar-refractivity contribution is 7.20. The molecule has 1 aromatic heterocycles. The Labute approximate surface area is 138 Å². The highest BCUT2D eigenvalue weighted by Crippen LogP contribution is 2.29. The molecular weight excluding hydrogens is 306 g/mol. The Bertz CT molecular complexity index is 840. The Morgan fingerprint density at radius 3 is 2.65 bits per heavy atom. The molecule has 116 valence electrons. The first kappa shape index (κ1) is 15.2. The number of carbonyl (C=O) groups excluding carboxylic acids is 1. The Kier molecular flexibility index (Phi) is 4.68. The van der Waals surface area contributed by atoms with Gasteiger partial charge in [0.1, 0.15) is 0 Å². The fourth-order valence-corrected chi connectivity index (χ4v) is 3.37. The van der Waals surface area contributed by atoms with Gasteiger partial charge in [0.25, 0.3) is 0 Å². The number of hydrogen-bond donors (Lipinski definition) is 2. The summed E-state index contributed by atoms with van der Waals surface area (Å²) in [5, 5.41) is 8.03. The van der Waals surface area contributed by atoms with Crippen molar-refractivity contribution in [3.63, 3.8) is 0 Å². The van der Waals surface area contributed by atoms with Crippen LogP contribution in [0.2, 0.25) is 0 Å². The second-order valence-corrected chi connectivity index (χ2v) is 6.21. The summed E-state index contributed by atoms with van der Waals surface area (Å²) in [5.74, 6) is 0. The van der Waals surface area contributed by atoms with Crippen molar-refractivity contribution in [1.82, 2.24) is 10.7 Å². The number of hydrogen-bond acceptors (Lipinski definition) is 3. The number of benzene rings is 2. The van der Waals surface area contributed by atoms with Crippen LogP contribution in [-0.4, -0.2) is 12.2 Å². The molecule has 0 radical (unpaired) electrons. The van der Waals surface area contributed by atoms with E-state index in [0.29, 0.717) is 6.54 Å². The van der Waals surface area contributed by atoms with E-state index in [9.17, 15) is 4.79 Å². The summed E-state index contributed by atoms with van der Waals surface area (Å²) in [7, 11) is 0. The zero-order valence-corrected chi connectivity index (χ0v) is 13.6. The molecule has 0 saturated heterocycles. The molecule has 2 N–H and O–H groups in total. The molecule has 1 heterocycles. The molecule has 2 aromatic carbocycles. The zero-order valence-electron chi connectivity index (χ0n) is 12.7. The van der Waals surface area contributed by atoms with E-state index in [4.69, 9.17) is 0 Å². The Hall–Kier alpha value is -2.66. The third-order valence-electron chi connectivity index (χ3n) is 3.52. The second kappa shape index (κ2) is 7.07. The number of hydrazone groups is 1. The van der Waals surface area contributed by atoms with Crippen LogP contribution in [0.1, 0.15) is 16.0 Å². The molecule has 5 heteroatoms. The topological polar surface area (TPSA) is 53.5 Å². The van der Waals surface area contributed by atoms with Gasteiger partial charge in [0, 0.05) is 11.2 Å². The first-order valence-electron chi connectivity index (χ1n) is 7.33. The number of aryl methyl sites for hydroxylation is 1. The number of amides is 2. The molecule has 0 saturated carbocycles. The van der Waals surface area contributed by atoms with E-state index >= 15 is 0 Å². The van der Waals surface area contributed by atoms with E-state index in [1.165, 1.54) is 15.6 Å². The third kappa shape index (κ3) is 3.76. The lowest BCUT2D eigenvalue weighted by Gasteiger charge is -2.03. The number of carbonyl (C=O) groups is 1. The van der Waals surface area contributed by atoms with Crippen LogP contribution in [-0.2, 0) is 6.54 Å². The predicted molar refractivity (Wildman–Crippen MR) is 96.0 cm³/mol. The van der Waals surface area contributed by atoms with E-state index in [1.807, 2.05) is 42.5 Å². The van der Waals surface area contributed by atoms with Crippen molar-refractivity contribution in [3.8, 4) is 0 Å². The quantitative estimate of drug-likeness (QED) is 0.552. The predicted octanol–water partition coefficient (Wildman–Crippen LogP) is 4.04. The van der Waals surface area contributed by atoms with Crippen LogP contribution in [0.3, 0.4) is 0 Å². The molecule has 2 amide bonds. The van der Waals surface area contributed by atoms with E-state index in [2.05, 4.69) is 34.9 Å². The maximum atomic E-state index is 11.7. The summed E-state index contributed by atoms with van der Waals surface area (Å²) in [6.07, 6.45) is 1.70. The highest BCUT2D eigenvalue weighted by atomic mass is 32.1. The van der Waals surface area contributed by atoms with Gasteiger partial charge in [-0.15, -0.1) is 11.3 Å². The van der Waals surface area contributed by atoms with E-state index < -0.39 is 0 Å². The average molecular weight is 323 g/mol. The monoisotopic (exact) mass is 323 g/mol. The minimum absolute atomic E-state index is 0.316. The number of rotatable bonds is 4. The Balaban J connectivity index is 1.57. The van der Waals surface area contributed by atoms with Gasteiger partial charge in [0.05, 0.1) is 11.1 Å². The van der Waals surface area contributed by atoms with Gasteiger partial charge in [-0.2, -0.15) is 5.10 Å². The lowest BCUT2D eigenvalue weighted by atomic mass is 10.1. The lowest BCUT2D eigenvalue weighted by Crippen LogP contribution is -2.31. The molecule has 0 atom stereocenters. The van der Waals surface area contributed by atoms with Gasteiger partial charge in [-0.3, -0.25) is 0 Å². The van der Waals surface area contributed by atoms with Crippen molar-refractivity contribution < 1.29 is 4.79 Å². The van der Waals surface area contributed by atoms with Gasteiger partial charge in [0.15, 0.2) is 0 Å². The second-order valence-electron chi connectivity index (χ2n) is 5.13. The minimum atomic E-state index is -0.316. The summed E-state index contributed by atoms with van der Waals surface area (Å²) >= 11 is 1.66. The molecule has 3 rings (SSSR count). The Morgan fingerprint density at radius 2 is 1.87 bits per heavy atom. The fraction of sp³-hybridized carbons (Fsp3) is 0.111. The average Bonchev–Trinajstić information content (AvgIpc) is 2.91. The van der Waals surface area contributed by atoms with Gasteiger partial charge < -0.3 is 5.32 Å². The van der Waals surface area contributed by atoms with E-state index in [-0.39, 0.29) is 6.03 Å². The summed E-state index contributed by atoms with van der Waals surface area (Å²) in [4.78, 5) is 12.8. The molecule has 4 nitrogen and oxygen atoms in total. The van der Waals surface area contributed by atoms with Crippen LogP contribution in [0.5, 0.6) is 0 Å². The fourth-order valence-electron chi connectivity index (χ4n) is 2.28. The van der Waals surface area contributed by atoms with Gasteiger partial charge in [-0.1, -0.05) is 48.5 Å². The normalized spacial score (nSPS) is 11.0. The molecule has 0 aliphatic carbocycles. The van der Waals surface area contributed by atoms with Crippen molar-refractivity contribution in [2.24, 2.45) is 5.10 Å². The number of fused-ring (bicyclic) bond motifs is 1. The van der Waals surface area contributed by atoms with Crippen LogP contribution in [0, 0.1) is 6.92 Å². The van der Waals surface area contributed by atoms with Crippen molar-refractivity contribution in [3.05, 3.63) is 70.6 Å². The van der Waals surface area contributed by atoms with Gasteiger partial charge >= 0.3 is 6.03 Å². The first-order chi connectivity index (χ1) is 11.2. The molecule has 0 aliphatic rings. The minimum Gasteiger partial charge on any atom is -0.333 e. The number of urea groups is 1. The summed E-state index contributed by atoms with van der Waals surface area (Å²) < 4.78 is 1.22. The first-order valence-corrected chi connectivity index (χ1v) is 8.14. The van der Waals surface area contributed by atoms with Crippen LogP contribution >= 0.6 is 11.3 Å². The highest BCUT2D eigenvalue weighted by Gasteiger charge is 2.05. The van der Waals surface area contributed by atoms with Crippen molar-refractivity contribution in [2.45, 2.75) is 13.5 Å². The molecule has 23 heavy (non-hydrogen) atoms. The van der Waals surface area contributed by atoms with Gasteiger partial charge in [-0.05, 0) is 29.5 Å². The van der Waals surface area contributed by atoms with Gasteiger partial charge in [-0.25, -0.2) is 10.2 Å². The van der Waals surface area contributed by atoms with Crippen LogP contribution in [0.15, 0.2) is 59.7 Å². The third-order valence-corrected chi connectivity index (χ3v) is 4.73.